The first-order valence-electron chi connectivity index (χ1n) is 7.45. The van der Waals surface area contributed by atoms with Crippen LogP contribution in [0, 0.1) is 0 Å². The lowest BCUT2D eigenvalue weighted by molar-refractivity contribution is 0.0528. The van der Waals surface area contributed by atoms with Gasteiger partial charge in [0, 0.05) is 18.8 Å². The molecule has 0 aliphatic rings. The predicted molar refractivity (Wildman–Crippen MR) is 90.0 cm³/mol. The topological polar surface area (TPSA) is 59.6 Å². The van der Waals surface area contributed by atoms with E-state index in [0.29, 0.717) is 23.9 Å². The van der Waals surface area contributed by atoms with Gasteiger partial charge in [0.25, 0.3) is 0 Å². The van der Waals surface area contributed by atoms with Gasteiger partial charge in [-0.1, -0.05) is 11.6 Å². The number of anilines is 1. The van der Waals surface area contributed by atoms with Crippen molar-refractivity contribution in [3.05, 3.63) is 23.2 Å². The Morgan fingerprint density at radius 2 is 2.00 bits per heavy atom. The van der Waals surface area contributed by atoms with Crippen molar-refractivity contribution in [2.24, 2.45) is 0 Å². The molecule has 0 heterocycles. The molecule has 0 spiro atoms. The van der Waals surface area contributed by atoms with E-state index in [1.807, 2.05) is 45.9 Å². The van der Waals surface area contributed by atoms with Gasteiger partial charge < -0.3 is 20.1 Å². The summed E-state index contributed by atoms with van der Waals surface area (Å²) >= 11 is 6.11. The van der Waals surface area contributed by atoms with E-state index in [1.165, 1.54) is 0 Å². The van der Waals surface area contributed by atoms with Crippen molar-refractivity contribution in [1.82, 2.24) is 5.32 Å². The second-order valence-electron chi connectivity index (χ2n) is 5.79. The van der Waals surface area contributed by atoms with Crippen LogP contribution in [0.1, 0.15) is 34.1 Å². The Labute approximate surface area is 137 Å². The average molecular weight is 329 g/mol. The minimum Gasteiger partial charge on any atom is -0.492 e. The van der Waals surface area contributed by atoms with E-state index in [1.54, 1.807) is 0 Å². The summed E-state index contributed by atoms with van der Waals surface area (Å²) in [5.74, 6) is 0.682. The fraction of sp³-hybridized carbons (Fsp3) is 0.562. The molecule has 0 aliphatic heterocycles. The van der Waals surface area contributed by atoms with Crippen molar-refractivity contribution >= 4 is 23.4 Å². The minimum atomic E-state index is -0.471. The summed E-state index contributed by atoms with van der Waals surface area (Å²) in [6.07, 6.45) is 0.390. The molecule has 0 bridgehead atoms. The fourth-order valence-electron chi connectivity index (χ4n) is 1.71. The van der Waals surface area contributed by atoms with Crippen LogP contribution >= 0.6 is 11.6 Å². The lowest BCUT2D eigenvalue weighted by Gasteiger charge is -2.19. The zero-order valence-electron chi connectivity index (χ0n) is 13.7. The van der Waals surface area contributed by atoms with Crippen molar-refractivity contribution in [2.45, 2.75) is 39.7 Å². The normalized spacial score (nSPS) is 11.0. The molecule has 0 aromatic heterocycles. The smallest absolute Gasteiger partial charge is 0.407 e. The molecule has 1 aromatic rings. The Bertz CT molecular complexity index is 487. The van der Waals surface area contributed by atoms with Gasteiger partial charge in [0.05, 0.1) is 11.6 Å². The summed E-state index contributed by atoms with van der Waals surface area (Å²) in [6.45, 7) is 9.28. The standard InChI is InChI=1S/C16H25ClN2O3/c1-5-21-14-8-7-12(11-13(14)17)18-9-6-10-19-15(20)22-16(2,3)4/h7-8,11,18H,5-6,9-10H2,1-4H3,(H,19,20). The average Bonchev–Trinajstić information content (AvgIpc) is 2.39. The van der Waals surface area contributed by atoms with E-state index in [4.69, 9.17) is 21.1 Å². The number of halogens is 1. The number of nitrogens with one attached hydrogen (secondary N) is 2. The number of carbonyl (C=O) groups excluding carboxylic acids is 1. The van der Waals surface area contributed by atoms with Crippen LogP contribution in [0.5, 0.6) is 5.75 Å². The SMILES string of the molecule is CCOc1ccc(NCCCNC(=O)OC(C)(C)C)cc1Cl. The van der Waals surface area contributed by atoms with E-state index < -0.39 is 11.7 Å². The van der Waals surface area contributed by atoms with E-state index >= 15 is 0 Å². The number of benzene rings is 1. The van der Waals surface area contributed by atoms with Crippen LogP contribution < -0.4 is 15.4 Å². The summed E-state index contributed by atoms with van der Waals surface area (Å²) in [4.78, 5) is 11.5. The van der Waals surface area contributed by atoms with Crippen LogP contribution in [0.15, 0.2) is 18.2 Å². The third-order valence-corrected chi connectivity index (χ3v) is 2.88. The van der Waals surface area contributed by atoms with Crippen molar-refractivity contribution in [3.8, 4) is 5.75 Å². The molecule has 5 nitrogen and oxygen atoms in total. The molecule has 0 saturated carbocycles. The number of rotatable bonds is 7. The highest BCUT2D eigenvalue weighted by molar-refractivity contribution is 6.32. The Hall–Kier alpha value is -1.62. The van der Waals surface area contributed by atoms with Crippen LogP contribution in [-0.4, -0.2) is 31.4 Å². The zero-order valence-corrected chi connectivity index (χ0v) is 14.4. The van der Waals surface area contributed by atoms with Gasteiger partial charge in [-0.25, -0.2) is 4.79 Å². The van der Waals surface area contributed by atoms with Gasteiger partial charge in [-0.15, -0.1) is 0 Å². The number of alkyl carbamates (subject to hydrolysis) is 1. The molecule has 0 unspecified atom stereocenters. The fourth-order valence-corrected chi connectivity index (χ4v) is 1.94. The molecule has 0 aliphatic carbocycles. The summed E-state index contributed by atoms with van der Waals surface area (Å²) < 4.78 is 10.5. The molecule has 22 heavy (non-hydrogen) atoms. The zero-order chi connectivity index (χ0) is 16.6. The molecule has 1 aromatic carbocycles. The molecule has 1 amide bonds. The van der Waals surface area contributed by atoms with Crippen LogP contribution in [0.25, 0.3) is 0 Å². The van der Waals surface area contributed by atoms with Gasteiger partial charge in [-0.05, 0) is 52.3 Å². The van der Waals surface area contributed by atoms with E-state index in [9.17, 15) is 4.79 Å². The third kappa shape index (κ3) is 7.41. The number of hydrogen-bond acceptors (Lipinski definition) is 4. The second-order valence-corrected chi connectivity index (χ2v) is 6.19. The van der Waals surface area contributed by atoms with Gasteiger partial charge in [0.15, 0.2) is 0 Å². The summed E-state index contributed by atoms with van der Waals surface area (Å²) in [5, 5.41) is 6.54. The summed E-state index contributed by atoms with van der Waals surface area (Å²) in [7, 11) is 0. The van der Waals surface area contributed by atoms with Crippen molar-refractivity contribution < 1.29 is 14.3 Å². The Kier molecular flexibility index (Phi) is 7.32. The predicted octanol–water partition coefficient (Wildman–Crippen LogP) is 4.07. The molecule has 2 N–H and O–H groups in total. The van der Waals surface area contributed by atoms with E-state index in [2.05, 4.69) is 10.6 Å². The number of carbonyl (C=O) groups is 1. The first kappa shape index (κ1) is 18.4. The highest BCUT2D eigenvalue weighted by Crippen LogP contribution is 2.27. The van der Waals surface area contributed by atoms with Gasteiger partial charge >= 0.3 is 6.09 Å². The summed E-state index contributed by atoms with van der Waals surface area (Å²) in [6, 6.07) is 5.58. The monoisotopic (exact) mass is 328 g/mol. The second kappa shape index (κ2) is 8.73. The van der Waals surface area contributed by atoms with Gasteiger partial charge in [-0.3, -0.25) is 0 Å². The molecular weight excluding hydrogens is 304 g/mol. The highest BCUT2D eigenvalue weighted by Gasteiger charge is 2.15. The van der Waals surface area contributed by atoms with E-state index in [-0.39, 0.29) is 0 Å². The van der Waals surface area contributed by atoms with Gasteiger partial charge in [-0.2, -0.15) is 0 Å². The molecule has 0 radical (unpaired) electrons. The van der Waals surface area contributed by atoms with Crippen molar-refractivity contribution in [1.29, 1.82) is 0 Å². The quantitative estimate of drug-likeness (QED) is 0.741. The third-order valence-electron chi connectivity index (χ3n) is 2.58. The Morgan fingerprint density at radius 3 is 2.59 bits per heavy atom. The maximum absolute atomic E-state index is 11.5. The molecule has 0 atom stereocenters. The molecule has 1 rings (SSSR count). The maximum atomic E-state index is 11.5. The van der Waals surface area contributed by atoms with Gasteiger partial charge in [0.1, 0.15) is 11.4 Å². The summed E-state index contributed by atoms with van der Waals surface area (Å²) in [5.41, 5.74) is 0.451. The molecular formula is C16H25ClN2O3. The van der Waals surface area contributed by atoms with Crippen LogP contribution in [0.3, 0.4) is 0 Å². The van der Waals surface area contributed by atoms with Crippen molar-refractivity contribution in [2.75, 3.05) is 25.0 Å². The number of hydrogen-bond donors (Lipinski definition) is 2. The molecule has 0 fully saturated rings. The minimum absolute atomic E-state index is 0.392. The number of ether oxygens (including phenoxy) is 2. The largest absolute Gasteiger partial charge is 0.492 e. The maximum Gasteiger partial charge on any atom is 0.407 e. The molecule has 124 valence electrons. The lowest BCUT2D eigenvalue weighted by atomic mass is 10.2. The van der Waals surface area contributed by atoms with Gasteiger partial charge in [0.2, 0.25) is 0 Å². The van der Waals surface area contributed by atoms with E-state index in [0.717, 1.165) is 18.7 Å². The Balaban J connectivity index is 2.25. The van der Waals surface area contributed by atoms with Crippen molar-refractivity contribution in [3.63, 3.8) is 0 Å². The lowest BCUT2D eigenvalue weighted by Crippen LogP contribution is -2.33. The Morgan fingerprint density at radius 1 is 1.27 bits per heavy atom. The molecule has 6 heteroatoms. The molecule has 0 saturated heterocycles. The van der Waals surface area contributed by atoms with Crippen LogP contribution in [0.2, 0.25) is 5.02 Å². The first-order valence-corrected chi connectivity index (χ1v) is 7.82. The van der Waals surface area contributed by atoms with Crippen LogP contribution in [0.4, 0.5) is 10.5 Å². The highest BCUT2D eigenvalue weighted by atomic mass is 35.5. The first-order chi connectivity index (χ1) is 10.3. The van der Waals surface area contributed by atoms with Crippen LogP contribution in [-0.2, 0) is 4.74 Å². The number of amides is 1.